The van der Waals surface area contributed by atoms with E-state index in [1.165, 1.54) is 11.3 Å². The molecule has 1 aromatic heterocycles. The van der Waals surface area contributed by atoms with E-state index in [1.54, 1.807) is 5.38 Å². The number of aromatic nitrogens is 1. The van der Waals surface area contributed by atoms with Crippen LogP contribution in [-0.4, -0.2) is 35.5 Å². The first-order chi connectivity index (χ1) is 10.6. The van der Waals surface area contributed by atoms with Gasteiger partial charge in [-0.2, -0.15) is 0 Å². The van der Waals surface area contributed by atoms with Gasteiger partial charge in [0, 0.05) is 18.5 Å². The van der Waals surface area contributed by atoms with Crippen LogP contribution in [0.5, 0.6) is 0 Å². The van der Waals surface area contributed by atoms with E-state index in [9.17, 15) is 4.79 Å². The Kier molecular flexibility index (Phi) is 4.24. The average molecular weight is 317 g/mol. The Morgan fingerprint density at radius 3 is 2.91 bits per heavy atom. The molecule has 0 bridgehead atoms. The fraction of sp³-hybridized carbons (Fsp3) is 0.375. The van der Waals surface area contributed by atoms with Crippen molar-refractivity contribution in [2.45, 2.75) is 19.1 Å². The molecule has 0 aliphatic carbocycles. The molecule has 1 aliphatic rings. The van der Waals surface area contributed by atoms with Crippen molar-refractivity contribution >= 4 is 17.2 Å². The largest absolute Gasteiger partial charge is 0.367 e. The van der Waals surface area contributed by atoms with Gasteiger partial charge in [0.05, 0.1) is 13.2 Å². The molecule has 116 valence electrons. The lowest BCUT2D eigenvalue weighted by atomic mass is 9.94. The van der Waals surface area contributed by atoms with Gasteiger partial charge in [-0.1, -0.05) is 30.3 Å². The highest BCUT2D eigenvalue weighted by atomic mass is 32.1. The van der Waals surface area contributed by atoms with Crippen LogP contribution in [0.3, 0.4) is 0 Å². The number of morpholine rings is 1. The van der Waals surface area contributed by atoms with E-state index < -0.39 is 5.60 Å². The zero-order valence-electron chi connectivity index (χ0n) is 12.5. The molecule has 2 aromatic rings. The summed E-state index contributed by atoms with van der Waals surface area (Å²) in [6.45, 7) is 4.00. The molecule has 1 fully saturated rings. The topological polar surface area (TPSA) is 68.5 Å². The third-order valence-electron chi connectivity index (χ3n) is 3.89. The molecular formula is C16H19N3O2S. The fourth-order valence-corrected chi connectivity index (χ4v) is 3.32. The number of carbonyl (C=O) groups excluding carboxylic acids is 1. The maximum Gasteiger partial charge on any atom is 0.273 e. The Labute approximate surface area is 133 Å². The number of nitrogens with zero attached hydrogens (tertiary/aromatic N) is 2. The van der Waals surface area contributed by atoms with Crippen molar-refractivity contribution in [1.82, 2.24) is 9.88 Å². The van der Waals surface area contributed by atoms with Gasteiger partial charge >= 0.3 is 0 Å². The van der Waals surface area contributed by atoms with Crippen molar-refractivity contribution in [1.29, 1.82) is 0 Å². The van der Waals surface area contributed by atoms with Crippen molar-refractivity contribution in [2.75, 3.05) is 19.7 Å². The number of thiazole rings is 1. The van der Waals surface area contributed by atoms with Gasteiger partial charge in [-0.05, 0) is 12.5 Å². The van der Waals surface area contributed by atoms with Crippen LogP contribution in [0.15, 0.2) is 35.7 Å². The zero-order chi connectivity index (χ0) is 15.6. The number of hydrogen-bond acceptors (Lipinski definition) is 5. The van der Waals surface area contributed by atoms with Crippen LogP contribution >= 0.6 is 11.3 Å². The Morgan fingerprint density at radius 2 is 2.23 bits per heavy atom. The lowest BCUT2D eigenvalue weighted by Gasteiger charge is -2.40. The van der Waals surface area contributed by atoms with Crippen LogP contribution in [-0.2, 0) is 16.9 Å². The first-order valence-corrected chi connectivity index (χ1v) is 8.13. The number of benzene rings is 1. The highest BCUT2D eigenvalue weighted by Gasteiger charge is 2.36. The third kappa shape index (κ3) is 2.90. The number of amides is 1. The summed E-state index contributed by atoms with van der Waals surface area (Å²) < 4.78 is 5.96. The number of rotatable bonds is 3. The van der Waals surface area contributed by atoms with E-state index in [4.69, 9.17) is 10.5 Å². The molecule has 3 rings (SSSR count). The second kappa shape index (κ2) is 6.16. The van der Waals surface area contributed by atoms with Gasteiger partial charge in [0.25, 0.3) is 5.91 Å². The van der Waals surface area contributed by atoms with Crippen LogP contribution in [0.1, 0.15) is 28.0 Å². The van der Waals surface area contributed by atoms with Crippen molar-refractivity contribution in [3.63, 3.8) is 0 Å². The molecule has 1 amide bonds. The maximum atomic E-state index is 12.6. The molecule has 2 N–H and O–H groups in total. The van der Waals surface area contributed by atoms with E-state index >= 15 is 0 Å². The molecule has 0 radical (unpaired) electrons. The van der Waals surface area contributed by atoms with Crippen molar-refractivity contribution in [2.24, 2.45) is 5.73 Å². The molecular weight excluding hydrogens is 298 g/mol. The normalized spacial score (nSPS) is 21.8. The summed E-state index contributed by atoms with van der Waals surface area (Å²) in [4.78, 5) is 18.7. The zero-order valence-corrected chi connectivity index (χ0v) is 13.3. The molecule has 1 aliphatic heterocycles. The summed E-state index contributed by atoms with van der Waals surface area (Å²) in [5, 5.41) is 2.56. The summed E-state index contributed by atoms with van der Waals surface area (Å²) in [6.07, 6.45) is 0. The molecule has 0 unspecified atom stereocenters. The lowest BCUT2D eigenvalue weighted by Crippen LogP contribution is -2.50. The smallest absolute Gasteiger partial charge is 0.273 e. The average Bonchev–Trinajstić information content (AvgIpc) is 3.04. The summed E-state index contributed by atoms with van der Waals surface area (Å²) in [6, 6.07) is 10.0. The minimum Gasteiger partial charge on any atom is -0.367 e. The number of nitrogens with two attached hydrogens (primary N) is 1. The SMILES string of the molecule is C[C@]1(c2ccccc2)CN(C(=O)c2csc(CN)n2)CCO1. The van der Waals surface area contributed by atoms with Gasteiger partial charge in [-0.15, -0.1) is 11.3 Å². The first-order valence-electron chi connectivity index (χ1n) is 7.25. The molecule has 0 spiro atoms. The number of hydrogen-bond donors (Lipinski definition) is 1. The van der Waals surface area contributed by atoms with Crippen LogP contribution in [0.4, 0.5) is 0 Å². The third-order valence-corrected chi connectivity index (χ3v) is 4.76. The van der Waals surface area contributed by atoms with Gasteiger partial charge in [0.2, 0.25) is 0 Å². The minimum atomic E-state index is -0.484. The van der Waals surface area contributed by atoms with Crippen molar-refractivity contribution in [3.8, 4) is 0 Å². The summed E-state index contributed by atoms with van der Waals surface area (Å²) in [5.74, 6) is -0.0543. The first kappa shape index (κ1) is 15.1. The molecule has 22 heavy (non-hydrogen) atoms. The van der Waals surface area contributed by atoms with Gasteiger partial charge in [0.15, 0.2) is 0 Å². The summed E-state index contributed by atoms with van der Waals surface area (Å²) in [5.41, 5.74) is 6.63. The summed E-state index contributed by atoms with van der Waals surface area (Å²) >= 11 is 1.42. The van der Waals surface area contributed by atoms with Crippen LogP contribution < -0.4 is 5.73 Å². The molecule has 1 aromatic carbocycles. The number of carbonyl (C=O) groups is 1. The van der Waals surface area contributed by atoms with Crippen LogP contribution in [0.25, 0.3) is 0 Å². The predicted molar refractivity (Wildman–Crippen MR) is 85.7 cm³/mol. The van der Waals surface area contributed by atoms with Crippen LogP contribution in [0.2, 0.25) is 0 Å². The molecule has 5 nitrogen and oxygen atoms in total. The highest BCUT2D eigenvalue weighted by Crippen LogP contribution is 2.30. The molecule has 1 atom stereocenters. The minimum absolute atomic E-state index is 0.0543. The van der Waals surface area contributed by atoms with E-state index in [-0.39, 0.29) is 5.91 Å². The quantitative estimate of drug-likeness (QED) is 0.940. The van der Waals surface area contributed by atoms with Gasteiger partial charge < -0.3 is 15.4 Å². The summed E-state index contributed by atoms with van der Waals surface area (Å²) in [7, 11) is 0. The van der Waals surface area contributed by atoms with Crippen LogP contribution in [0, 0.1) is 0 Å². The van der Waals surface area contributed by atoms with E-state index in [0.29, 0.717) is 31.9 Å². The Morgan fingerprint density at radius 1 is 1.45 bits per heavy atom. The predicted octanol–water partition coefficient (Wildman–Crippen LogP) is 1.99. The molecule has 2 heterocycles. The second-order valence-electron chi connectivity index (χ2n) is 5.50. The van der Waals surface area contributed by atoms with E-state index in [1.807, 2.05) is 42.2 Å². The highest BCUT2D eigenvalue weighted by molar-refractivity contribution is 7.09. The monoisotopic (exact) mass is 317 g/mol. The Bertz CT molecular complexity index is 658. The molecule has 0 saturated carbocycles. The maximum absolute atomic E-state index is 12.6. The lowest BCUT2D eigenvalue weighted by molar-refractivity contribution is -0.0931. The number of ether oxygens (including phenoxy) is 1. The Hall–Kier alpha value is -1.76. The fourth-order valence-electron chi connectivity index (χ4n) is 2.67. The molecule has 1 saturated heterocycles. The Balaban J connectivity index is 1.79. The van der Waals surface area contributed by atoms with E-state index in [0.717, 1.165) is 10.6 Å². The van der Waals surface area contributed by atoms with E-state index in [2.05, 4.69) is 4.98 Å². The standard InChI is InChI=1S/C16H19N3O2S/c1-16(12-5-3-2-4-6-12)11-19(7-8-21-16)15(20)13-10-22-14(9-17)18-13/h2-6,10H,7-9,11,17H2,1H3/t16-/m1/s1. The second-order valence-corrected chi connectivity index (χ2v) is 6.45. The van der Waals surface area contributed by atoms with Crippen molar-refractivity contribution in [3.05, 3.63) is 52.0 Å². The molecule has 6 heteroatoms. The van der Waals surface area contributed by atoms with Gasteiger partial charge in [0.1, 0.15) is 16.3 Å². The van der Waals surface area contributed by atoms with Crippen molar-refractivity contribution < 1.29 is 9.53 Å². The van der Waals surface area contributed by atoms with Gasteiger partial charge in [-0.3, -0.25) is 4.79 Å². The van der Waals surface area contributed by atoms with Gasteiger partial charge in [-0.25, -0.2) is 4.98 Å².